The molecule has 1 heterocycles. The van der Waals surface area contributed by atoms with Crippen molar-refractivity contribution in [3.63, 3.8) is 0 Å². The second-order valence-corrected chi connectivity index (χ2v) is 7.96. The predicted molar refractivity (Wildman–Crippen MR) is 138 cm³/mol. The minimum atomic E-state index is -5.08. The van der Waals surface area contributed by atoms with E-state index in [1.165, 1.54) is 38.5 Å². The molecule has 0 radical (unpaired) electrons. The number of aromatic nitrogens is 1. The zero-order chi connectivity index (χ0) is 31.6. The largest absolute Gasteiger partial charge is 0.618 e. The average Bonchev–Trinajstić information content (AvgIpc) is 2.94. The summed E-state index contributed by atoms with van der Waals surface area (Å²) in [6.07, 6.45) is -3.95. The van der Waals surface area contributed by atoms with Gasteiger partial charge in [-0.2, -0.15) is 17.9 Å². The standard InChI is InChI=1S/C23H23FN6O5.C2HF3O2/c1-34-18-11-15(16(24)12-19(18)35-2)20(27-14-8-6-13(7-9-14)21(25)26)23(32)29-28-22(31)17-5-3-4-10-30(17)33;3-2(4,5)1(6)7/h3-12,20,27H,1-2H3,(H3,25,26)(H,28,31)(H,29,32);(H,6,7). The first kappa shape index (κ1) is 32.6. The molecule has 0 aliphatic heterocycles. The summed E-state index contributed by atoms with van der Waals surface area (Å²) in [5.41, 5.74) is 10.3. The van der Waals surface area contributed by atoms with Gasteiger partial charge in [-0.05, 0) is 36.4 Å². The molecule has 0 spiro atoms. The summed E-state index contributed by atoms with van der Waals surface area (Å²) >= 11 is 0. The van der Waals surface area contributed by atoms with E-state index in [-0.39, 0.29) is 28.6 Å². The van der Waals surface area contributed by atoms with Crippen LogP contribution in [-0.2, 0) is 9.59 Å². The third-order valence-electron chi connectivity index (χ3n) is 5.18. The van der Waals surface area contributed by atoms with Crippen LogP contribution in [0.15, 0.2) is 60.8 Å². The van der Waals surface area contributed by atoms with Crippen molar-refractivity contribution in [2.75, 3.05) is 19.5 Å². The molecule has 0 saturated carbocycles. The fourth-order valence-electron chi connectivity index (χ4n) is 3.15. The molecule has 1 unspecified atom stereocenters. The maximum atomic E-state index is 15.0. The van der Waals surface area contributed by atoms with Gasteiger partial charge >= 0.3 is 18.1 Å². The molecule has 3 aromatic rings. The molecule has 2 amide bonds. The summed E-state index contributed by atoms with van der Waals surface area (Å²) in [7, 11) is 2.71. The van der Waals surface area contributed by atoms with E-state index in [1.807, 2.05) is 0 Å². The Balaban J connectivity index is 0.000000782. The van der Waals surface area contributed by atoms with Crippen LogP contribution in [0.1, 0.15) is 27.7 Å². The molecule has 0 bridgehead atoms. The molecule has 7 N–H and O–H groups in total. The van der Waals surface area contributed by atoms with Gasteiger partial charge in [0.05, 0.1) is 14.2 Å². The Labute approximate surface area is 234 Å². The van der Waals surface area contributed by atoms with Crippen LogP contribution in [-0.4, -0.2) is 49.1 Å². The van der Waals surface area contributed by atoms with Crippen LogP contribution in [0.25, 0.3) is 0 Å². The molecule has 224 valence electrons. The van der Waals surface area contributed by atoms with Crippen molar-refractivity contribution < 1.29 is 51.3 Å². The maximum absolute atomic E-state index is 15.0. The first-order valence-corrected chi connectivity index (χ1v) is 11.4. The van der Waals surface area contributed by atoms with Crippen LogP contribution in [0.3, 0.4) is 0 Å². The molecule has 42 heavy (non-hydrogen) atoms. The number of amides is 2. The second-order valence-electron chi connectivity index (χ2n) is 7.96. The number of amidine groups is 1. The number of methoxy groups -OCH3 is 2. The van der Waals surface area contributed by atoms with Crippen molar-refractivity contribution >= 4 is 29.3 Å². The number of halogens is 4. The number of carboxylic acids is 1. The Morgan fingerprint density at radius 2 is 1.60 bits per heavy atom. The van der Waals surface area contributed by atoms with Crippen LogP contribution in [0.5, 0.6) is 11.5 Å². The Hall–Kier alpha value is -5.61. The number of ether oxygens (including phenoxy) is 2. The van der Waals surface area contributed by atoms with Crippen molar-refractivity contribution in [1.82, 2.24) is 10.9 Å². The van der Waals surface area contributed by atoms with Gasteiger partial charge in [0.1, 0.15) is 17.7 Å². The zero-order valence-electron chi connectivity index (χ0n) is 21.8. The van der Waals surface area contributed by atoms with E-state index in [1.54, 1.807) is 24.3 Å². The van der Waals surface area contributed by atoms with Crippen LogP contribution in [0.2, 0.25) is 0 Å². The molecule has 0 fully saturated rings. The summed E-state index contributed by atoms with van der Waals surface area (Å²) in [5.74, 6) is -5.09. The molecule has 1 aromatic heterocycles. The lowest BCUT2D eigenvalue weighted by atomic mass is 10.0. The molecule has 13 nitrogen and oxygen atoms in total. The van der Waals surface area contributed by atoms with Crippen molar-refractivity contribution in [1.29, 1.82) is 5.41 Å². The number of alkyl halides is 3. The van der Waals surface area contributed by atoms with Gasteiger partial charge < -0.3 is 30.8 Å². The fraction of sp³-hybridized carbons (Fsp3) is 0.160. The topological polar surface area (TPSA) is 203 Å². The van der Waals surface area contributed by atoms with Gasteiger partial charge in [-0.15, -0.1) is 0 Å². The highest BCUT2D eigenvalue weighted by Crippen LogP contribution is 2.33. The number of pyridine rings is 1. The van der Waals surface area contributed by atoms with Crippen LogP contribution in [0.4, 0.5) is 23.2 Å². The molecule has 2 aromatic carbocycles. The second kappa shape index (κ2) is 14.1. The predicted octanol–water partition coefficient (Wildman–Crippen LogP) is 2.01. The maximum Gasteiger partial charge on any atom is 0.490 e. The number of benzene rings is 2. The summed E-state index contributed by atoms with van der Waals surface area (Å²) in [6, 6.07) is 11.4. The molecule has 3 rings (SSSR count). The van der Waals surface area contributed by atoms with Crippen LogP contribution in [0, 0.1) is 16.4 Å². The Kier molecular flexibility index (Phi) is 11.0. The Bertz CT molecular complexity index is 1450. The third kappa shape index (κ3) is 8.70. The molecule has 1 atom stereocenters. The first-order valence-electron chi connectivity index (χ1n) is 11.4. The number of carbonyl (C=O) groups is 3. The number of hydrogen-bond donors (Lipinski definition) is 6. The van der Waals surface area contributed by atoms with E-state index in [4.69, 9.17) is 30.5 Å². The molecule has 17 heteroatoms. The lowest BCUT2D eigenvalue weighted by Crippen LogP contribution is -2.48. The van der Waals surface area contributed by atoms with Crippen molar-refractivity contribution in [3.05, 3.63) is 88.6 Å². The fourth-order valence-corrected chi connectivity index (χ4v) is 3.15. The van der Waals surface area contributed by atoms with Crippen LogP contribution >= 0.6 is 0 Å². The lowest BCUT2D eigenvalue weighted by molar-refractivity contribution is -0.607. The third-order valence-corrected chi connectivity index (χ3v) is 5.18. The normalized spacial score (nSPS) is 11.2. The van der Waals surface area contributed by atoms with Crippen LogP contribution < -0.4 is 36.1 Å². The molecule has 0 aliphatic carbocycles. The zero-order valence-corrected chi connectivity index (χ0v) is 21.8. The number of aliphatic carboxylic acids is 1. The SMILES string of the molecule is COc1cc(F)c(C(Nc2ccc(C(=N)N)cc2)C(=O)NNC(=O)c2cccc[n+]2[O-])cc1OC.O=C(O)C(F)(F)F. The number of rotatable bonds is 8. The van der Waals surface area contributed by atoms with Gasteiger partial charge in [0, 0.05) is 35.0 Å². The minimum Gasteiger partial charge on any atom is -0.618 e. The molecular formula is C25H24F4N6O7. The summed E-state index contributed by atoms with van der Waals surface area (Å²) in [5, 5.41) is 29.3. The van der Waals surface area contributed by atoms with E-state index >= 15 is 4.39 Å². The molecule has 0 aliphatic rings. The van der Waals surface area contributed by atoms with Crippen molar-refractivity contribution in [2.45, 2.75) is 12.2 Å². The highest BCUT2D eigenvalue weighted by atomic mass is 19.4. The van der Waals surface area contributed by atoms with Gasteiger partial charge in [-0.1, -0.05) is 0 Å². The number of carboxylic acid groups (broad SMARTS) is 1. The van der Waals surface area contributed by atoms with E-state index in [0.29, 0.717) is 16.0 Å². The lowest BCUT2D eigenvalue weighted by Gasteiger charge is -2.22. The number of anilines is 1. The van der Waals surface area contributed by atoms with Gasteiger partial charge in [0.2, 0.25) is 0 Å². The van der Waals surface area contributed by atoms with Crippen molar-refractivity contribution in [2.24, 2.45) is 5.73 Å². The summed E-state index contributed by atoms with van der Waals surface area (Å²) in [4.78, 5) is 34.3. The van der Waals surface area contributed by atoms with E-state index < -0.39 is 35.8 Å². The Morgan fingerprint density at radius 3 is 2.10 bits per heavy atom. The number of hydrogen-bond acceptors (Lipinski definition) is 8. The number of nitrogen functional groups attached to an aromatic ring is 1. The van der Waals surface area contributed by atoms with Gasteiger partial charge in [0.15, 0.2) is 17.7 Å². The first-order chi connectivity index (χ1) is 19.7. The minimum absolute atomic E-state index is 0.108. The van der Waals surface area contributed by atoms with E-state index in [9.17, 15) is 28.0 Å². The van der Waals surface area contributed by atoms with E-state index in [2.05, 4.69) is 16.2 Å². The number of carbonyl (C=O) groups excluding carboxylic acids is 2. The van der Waals surface area contributed by atoms with Crippen molar-refractivity contribution in [3.8, 4) is 11.5 Å². The monoisotopic (exact) mass is 596 g/mol. The highest BCUT2D eigenvalue weighted by molar-refractivity contribution is 5.96. The number of hydrazine groups is 1. The molecular weight excluding hydrogens is 572 g/mol. The quantitative estimate of drug-likeness (QED) is 0.0561. The van der Waals surface area contributed by atoms with Gasteiger partial charge in [-0.25, -0.2) is 9.18 Å². The number of nitrogens with two attached hydrogens (primary N) is 1. The smallest absolute Gasteiger partial charge is 0.490 e. The number of nitrogens with one attached hydrogen (secondary N) is 4. The van der Waals surface area contributed by atoms with Gasteiger partial charge in [-0.3, -0.25) is 25.8 Å². The summed E-state index contributed by atoms with van der Waals surface area (Å²) in [6.45, 7) is 0. The summed E-state index contributed by atoms with van der Waals surface area (Å²) < 4.78 is 57.4. The Morgan fingerprint density at radius 1 is 1.02 bits per heavy atom. The highest BCUT2D eigenvalue weighted by Gasteiger charge is 2.38. The number of nitrogens with zero attached hydrogens (tertiary/aromatic N) is 1. The average molecular weight is 596 g/mol. The van der Waals surface area contributed by atoms with E-state index in [0.717, 1.165) is 12.3 Å². The molecule has 0 saturated heterocycles. The van der Waals surface area contributed by atoms with Gasteiger partial charge in [0.25, 0.3) is 11.6 Å².